The lowest BCUT2D eigenvalue weighted by Crippen LogP contribution is -2.34. The maximum absolute atomic E-state index is 12.0. The monoisotopic (exact) mass is 430 g/mol. The van der Waals surface area contributed by atoms with E-state index >= 15 is 0 Å². The number of hydrogen-bond acceptors (Lipinski definition) is 2. The number of rotatable bonds is 13. The number of halogens is 2. The zero-order valence-corrected chi connectivity index (χ0v) is 18.6. The number of hydrogen-bond donors (Lipinski definition) is 2. The van der Waals surface area contributed by atoms with Crippen LogP contribution in [0, 0.1) is 0 Å². The summed E-state index contributed by atoms with van der Waals surface area (Å²) in [7, 11) is 0. The highest BCUT2D eigenvalue weighted by atomic mass is 35.5. The second-order valence-corrected chi connectivity index (χ2v) is 8.11. The van der Waals surface area contributed by atoms with Crippen molar-refractivity contribution in [1.29, 1.82) is 0 Å². The van der Waals surface area contributed by atoms with E-state index in [1.165, 1.54) is 57.8 Å². The van der Waals surface area contributed by atoms with Crippen molar-refractivity contribution in [2.45, 2.75) is 84.0 Å². The third-order valence-corrected chi connectivity index (χ3v) is 5.30. The van der Waals surface area contributed by atoms with Gasteiger partial charge < -0.3 is 10.6 Å². The van der Waals surface area contributed by atoms with E-state index in [4.69, 9.17) is 35.4 Å². The van der Waals surface area contributed by atoms with E-state index in [0.29, 0.717) is 22.2 Å². The first-order chi connectivity index (χ1) is 13.0. The summed E-state index contributed by atoms with van der Waals surface area (Å²) in [5.74, 6) is -0.0772. The third-order valence-electron chi connectivity index (χ3n) is 4.46. The minimum absolute atomic E-state index is 0.0772. The minimum atomic E-state index is -0.0772. The Kier molecular flexibility index (Phi) is 13.6. The van der Waals surface area contributed by atoms with Crippen LogP contribution in [0.5, 0.6) is 0 Å². The molecule has 6 heteroatoms. The van der Waals surface area contributed by atoms with Crippen molar-refractivity contribution < 1.29 is 4.79 Å². The van der Waals surface area contributed by atoms with Crippen molar-refractivity contribution in [3.05, 3.63) is 28.2 Å². The van der Waals surface area contributed by atoms with E-state index < -0.39 is 0 Å². The van der Waals surface area contributed by atoms with Crippen LogP contribution in [0.15, 0.2) is 18.2 Å². The van der Waals surface area contributed by atoms with Gasteiger partial charge in [-0.1, -0.05) is 100 Å². The van der Waals surface area contributed by atoms with Crippen molar-refractivity contribution in [2.75, 3.05) is 5.32 Å². The molecule has 152 valence electrons. The van der Waals surface area contributed by atoms with Crippen LogP contribution in [0.4, 0.5) is 5.69 Å². The number of carbonyl (C=O) groups excluding carboxylic acids is 1. The fraction of sp³-hybridized carbons (Fsp3) is 0.619. The maximum Gasteiger partial charge on any atom is 0.226 e. The second-order valence-electron chi connectivity index (χ2n) is 6.88. The molecule has 0 heterocycles. The second kappa shape index (κ2) is 15.1. The van der Waals surface area contributed by atoms with Gasteiger partial charge in [-0.25, -0.2) is 0 Å². The zero-order valence-electron chi connectivity index (χ0n) is 16.3. The first kappa shape index (κ1) is 24.2. The fourth-order valence-electron chi connectivity index (χ4n) is 2.90. The van der Waals surface area contributed by atoms with Crippen molar-refractivity contribution in [2.24, 2.45) is 0 Å². The standard InChI is InChI=1S/C21H32Cl2N2OS/c1-2-3-4-5-6-7-8-9-10-11-12-16-19(26)24-21(27)25-20-17(22)14-13-15-18(20)23/h13-15H,2-12,16H2,1H3,(H2,24,25,26,27). The zero-order chi connectivity index (χ0) is 19.9. The number of benzene rings is 1. The van der Waals surface area contributed by atoms with Gasteiger partial charge in [-0.3, -0.25) is 4.79 Å². The molecule has 0 atom stereocenters. The lowest BCUT2D eigenvalue weighted by Gasteiger charge is -2.12. The Hall–Kier alpha value is -0.840. The molecule has 1 rings (SSSR count). The molecule has 27 heavy (non-hydrogen) atoms. The van der Waals surface area contributed by atoms with Gasteiger partial charge in [0.2, 0.25) is 5.91 Å². The van der Waals surface area contributed by atoms with Gasteiger partial charge in [0.25, 0.3) is 0 Å². The lowest BCUT2D eigenvalue weighted by molar-refractivity contribution is -0.119. The molecule has 0 unspecified atom stereocenters. The summed E-state index contributed by atoms with van der Waals surface area (Å²) < 4.78 is 0. The highest BCUT2D eigenvalue weighted by Crippen LogP contribution is 2.29. The van der Waals surface area contributed by atoms with Crippen molar-refractivity contribution >= 4 is 52.1 Å². The summed E-state index contributed by atoms with van der Waals surface area (Å²) >= 11 is 17.3. The number of thiocarbonyl (C=S) groups is 1. The summed E-state index contributed by atoms with van der Waals surface area (Å²) in [4.78, 5) is 12.0. The van der Waals surface area contributed by atoms with Crippen molar-refractivity contribution in [3.63, 3.8) is 0 Å². The molecule has 0 saturated carbocycles. The highest BCUT2D eigenvalue weighted by molar-refractivity contribution is 7.80. The summed E-state index contributed by atoms with van der Waals surface area (Å²) in [6.45, 7) is 2.25. The normalized spacial score (nSPS) is 10.6. The molecular weight excluding hydrogens is 399 g/mol. The van der Waals surface area contributed by atoms with Gasteiger partial charge in [0.15, 0.2) is 5.11 Å². The van der Waals surface area contributed by atoms with E-state index in [0.717, 1.165) is 12.8 Å². The summed E-state index contributed by atoms with van der Waals surface area (Å²) in [5, 5.41) is 6.72. The first-order valence-electron chi connectivity index (χ1n) is 10.1. The SMILES string of the molecule is CCCCCCCCCCCCCC(=O)NC(=S)Nc1c(Cl)cccc1Cl. The van der Waals surface area contributed by atoms with Gasteiger partial charge in [-0.2, -0.15) is 0 Å². The Bertz CT molecular complexity index is 561. The van der Waals surface area contributed by atoms with Crippen LogP contribution in [0.25, 0.3) is 0 Å². The van der Waals surface area contributed by atoms with Crippen LogP contribution >= 0.6 is 35.4 Å². The maximum atomic E-state index is 12.0. The van der Waals surface area contributed by atoms with Crippen molar-refractivity contribution in [1.82, 2.24) is 5.32 Å². The molecule has 1 aromatic carbocycles. The topological polar surface area (TPSA) is 41.1 Å². The molecule has 0 aromatic heterocycles. The Balaban J connectivity index is 2.05. The molecule has 0 bridgehead atoms. The molecule has 2 N–H and O–H groups in total. The molecule has 0 radical (unpaired) electrons. The van der Waals surface area contributed by atoms with E-state index in [1.807, 2.05) is 0 Å². The molecule has 0 aliphatic carbocycles. The van der Waals surface area contributed by atoms with Gasteiger partial charge in [-0.05, 0) is 30.8 Å². The third kappa shape index (κ3) is 11.6. The first-order valence-corrected chi connectivity index (χ1v) is 11.3. The predicted octanol–water partition coefficient (Wildman–Crippen LogP) is 7.51. The van der Waals surface area contributed by atoms with Gasteiger partial charge in [0.1, 0.15) is 0 Å². The quantitative estimate of drug-likeness (QED) is 0.251. The number of anilines is 1. The van der Waals surface area contributed by atoms with Gasteiger partial charge in [-0.15, -0.1) is 0 Å². The van der Waals surface area contributed by atoms with Crippen molar-refractivity contribution in [3.8, 4) is 0 Å². The molecule has 0 aliphatic heterocycles. The molecule has 1 aromatic rings. The predicted molar refractivity (Wildman–Crippen MR) is 122 cm³/mol. The molecule has 0 aliphatic rings. The number of para-hydroxylation sites is 1. The van der Waals surface area contributed by atoms with Crippen LogP contribution in [-0.4, -0.2) is 11.0 Å². The Morgan fingerprint density at radius 3 is 1.89 bits per heavy atom. The van der Waals surface area contributed by atoms with Gasteiger partial charge in [0.05, 0.1) is 15.7 Å². The smallest absolute Gasteiger partial charge is 0.226 e. The largest absolute Gasteiger partial charge is 0.330 e. The van der Waals surface area contributed by atoms with Crippen LogP contribution in [-0.2, 0) is 4.79 Å². The number of amides is 1. The minimum Gasteiger partial charge on any atom is -0.330 e. The van der Waals surface area contributed by atoms with Crippen LogP contribution in [0.3, 0.4) is 0 Å². The van der Waals surface area contributed by atoms with E-state index in [9.17, 15) is 4.79 Å². The van der Waals surface area contributed by atoms with E-state index in [2.05, 4.69) is 17.6 Å². The molecule has 3 nitrogen and oxygen atoms in total. The molecule has 0 fully saturated rings. The lowest BCUT2D eigenvalue weighted by atomic mass is 10.1. The summed E-state index contributed by atoms with van der Waals surface area (Å²) in [6, 6.07) is 5.18. The van der Waals surface area contributed by atoms with E-state index in [-0.39, 0.29) is 11.0 Å². The molecular formula is C21H32Cl2N2OS. The fourth-order valence-corrected chi connectivity index (χ4v) is 3.61. The Morgan fingerprint density at radius 1 is 0.889 bits per heavy atom. The number of nitrogens with one attached hydrogen (secondary N) is 2. The highest BCUT2D eigenvalue weighted by Gasteiger charge is 2.09. The van der Waals surface area contributed by atoms with Gasteiger partial charge >= 0.3 is 0 Å². The Morgan fingerprint density at radius 2 is 1.37 bits per heavy atom. The molecule has 1 amide bonds. The Labute approximate surface area is 179 Å². The van der Waals surface area contributed by atoms with Crippen LogP contribution in [0.1, 0.15) is 84.0 Å². The molecule has 0 spiro atoms. The number of carbonyl (C=O) groups is 1. The summed E-state index contributed by atoms with van der Waals surface area (Å²) in [6.07, 6.45) is 14.4. The van der Waals surface area contributed by atoms with Crippen LogP contribution in [0.2, 0.25) is 10.0 Å². The average molecular weight is 431 g/mol. The molecule has 0 saturated heterocycles. The summed E-state index contributed by atoms with van der Waals surface area (Å²) in [5.41, 5.74) is 0.515. The van der Waals surface area contributed by atoms with E-state index in [1.54, 1.807) is 18.2 Å². The number of unbranched alkanes of at least 4 members (excludes halogenated alkanes) is 10. The van der Waals surface area contributed by atoms with Crippen LogP contribution < -0.4 is 10.6 Å². The van der Waals surface area contributed by atoms with Gasteiger partial charge in [0, 0.05) is 6.42 Å². The average Bonchev–Trinajstić information content (AvgIpc) is 2.63.